The number of H-pyrrole nitrogens is 1. The van der Waals surface area contributed by atoms with E-state index in [2.05, 4.69) is 10.3 Å². The lowest BCUT2D eigenvalue weighted by molar-refractivity contribution is 0.0949. The highest BCUT2D eigenvalue weighted by Gasteiger charge is 2.05. The van der Waals surface area contributed by atoms with Crippen LogP contribution in [0.3, 0.4) is 0 Å². The summed E-state index contributed by atoms with van der Waals surface area (Å²) >= 11 is 7.30. The summed E-state index contributed by atoms with van der Waals surface area (Å²) in [5, 5.41) is 2.74. The first-order chi connectivity index (χ1) is 8.65. The van der Waals surface area contributed by atoms with Gasteiger partial charge in [-0.3, -0.25) is 9.59 Å². The quantitative estimate of drug-likeness (QED) is 0.902. The van der Waals surface area contributed by atoms with E-state index < -0.39 is 0 Å². The van der Waals surface area contributed by atoms with Gasteiger partial charge in [0.1, 0.15) is 5.69 Å². The van der Waals surface area contributed by atoms with Gasteiger partial charge in [-0.25, -0.2) is 0 Å². The lowest BCUT2D eigenvalue weighted by Crippen LogP contribution is -2.27. The number of aromatic nitrogens is 1. The van der Waals surface area contributed by atoms with Crippen molar-refractivity contribution < 1.29 is 4.79 Å². The second-order valence-electron chi connectivity index (χ2n) is 3.64. The Balaban J connectivity index is 1.87. The number of amides is 1. The molecule has 0 saturated heterocycles. The van der Waals surface area contributed by atoms with E-state index >= 15 is 0 Å². The van der Waals surface area contributed by atoms with Crippen LogP contribution in [0.1, 0.15) is 15.4 Å². The van der Waals surface area contributed by atoms with Gasteiger partial charge in [0.2, 0.25) is 5.56 Å². The van der Waals surface area contributed by atoms with Gasteiger partial charge in [0.25, 0.3) is 5.91 Å². The average Bonchev–Trinajstić information content (AvgIpc) is 2.75. The number of thiophene rings is 1. The summed E-state index contributed by atoms with van der Waals surface area (Å²) in [6.45, 7) is 0.507. The van der Waals surface area contributed by atoms with Gasteiger partial charge in [-0.1, -0.05) is 17.7 Å². The molecule has 0 aromatic carbocycles. The molecule has 94 valence electrons. The van der Waals surface area contributed by atoms with E-state index in [0.29, 0.717) is 6.54 Å². The number of hydrogen-bond acceptors (Lipinski definition) is 3. The number of rotatable bonds is 4. The Hall–Kier alpha value is -1.59. The molecule has 4 nitrogen and oxygen atoms in total. The highest BCUT2D eigenvalue weighted by molar-refractivity contribution is 7.16. The van der Waals surface area contributed by atoms with E-state index in [1.807, 2.05) is 12.1 Å². The second-order valence-corrected chi connectivity index (χ2v) is 5.44. The van der Waals surface area contributed by atoms with Crippen molar-refractivity contribution in [3.63, 3.8) is 0 Å². The summed E-state index contributed by atoms with van der Waals surface area (Å²) in [5.74, 6) is -0.282. The summed E-state index contributed by atoms with van der Waals surface area (Å²) < 4.78 is 0.740. The molecule has 2 heterocycles. The van der Waals surface area contributed by atoms with Crippen molar-refractivity contribution in [3.8, 4) is 0 Å². The summed E-state index contributed by atoms with van der Waals surface area (Å²) in [5.41, 5.74) is -0.0144. The molecule has 0 bridgehead atoms. The Morgan fingerprint density at radius 3 is 2.83 bits per heavy atom. The Labute approximate surface area is 113 Å². The van der Waals surface area contributed by atoms with Crippen LogP contribution < -0.4 is 10.9 Å². The van der Waals surface area contributed by atoms with Crippen LogP contribution in [0.15, 0.2) is 35.1 Å². The minimum atomic E-state index is -0.285. The zero-order valence-corrected chi connectivity index (χ0v) is 11.0. The maximum atomic E-state index is 11.7. The Morgan fingerprint density at radius 2 is 2.17 bits per heavy atom. The summed E-state index contributed by atoms with van der Waals surface area (Å²) in [6, 6.07) is 8.25. The molecule has 0 spiro atoms. The lowest BCUT2D eigenvalue weighted by Gasteiger charge is -2.03. The fourth-order valence-corrected chi connectivity index (χ4v) is 2.55. The molecule has 2 aromatic heterocycles. The number of aromatic amines is 1. The number of carbonyl (C=O) groups excluding carboxylic acids is 1. The van der Waals surface area contributed by atoms with E-state index in [1.54, 1.807) is 12.1 Å². The Morgan fingerprint density at radius 1 is 1.33 bits per heavy atom. The van der Waals surface area contributed by atoms with Crippen molar-refractivity contribution in [2.75, 3.05) is 6.54 Å². The fraction of sp³-hybridized carbons (Fsp3) is 0.167. The van der Waals surface area contributed by atoms with Crippen LogP contribution in [0.4, 0.5) is 0 Å². The average molecular weight is 283 g/mol. The minimum Gasteiger partial charge on any atom is -0.350 e. The third-order valence-corrected chi connectivity index (χ3v) is 3.59. The minimum absolute atomic E-state index is 0.270. The van der Waals surface area contributed by atoms with Gasteiger partial charge >= 0.3 is 0 Å². The predicted molar refractivity (Wildman–Crippen MR) is 72.4 cm³/mol. The summed E-state index contributed by atoms with van der Waals surface area (Å²) in [7, 11) is 0. The molecule has 0 aliphatic heterocycles. The molecular formula is C12H11ClN2O2S. The molecule has 0 aliphatic carbocycles. The first-order valence-electron chi connectivity index (χ1n) is 5.37. The van der Waals surface area contributed by atoms with E-state index in [0.717, 1.165) is 15.6 Å². The topological polar surface area (TPSA) is 62.0 Å². The van der Waals surface area contributed by atoms with Crippen LogP contribution in [0.25, 0.3) is 0 Å². The molecule has 18 heavy (non-hydrogen) atoms. The van der Waals surface area contributed by atoms with Gasteiger partial charge in [0.05, 0.1) is 4.34 Å². The molecule has 1 amide bonds. The van der Waals surface area contributed by atoms with Crippen molar-refractivity contribution in [3.05, 3.63) is 55.6 Å². The Kier molecular flexibility index (Phi) is 4.17. The second kappa shape index (κ2) is 5.84. The SMILES string of the molecule is O=C(NCCc1ccc(Cl)s1)c1cccc(=O)[nH]1. The normalized spacial score (nSPS) is 10.3. The standard InChI is InChI=1S/C12H11ClN2O2S/c13-10-5-4-8(18-10)6-7-14-12(17)9-2-1-3-11(16)15-9/h1-5H,6-7H2,(H,14,17)(H,15,16). The van der Waals surface area contributed by atoms with Gasteiger partial charge in [0.15, 0.2) is 0 Å². The summed E-state index contributed by atoms with van der Waals surface area (Å²) in [4.78, 5) is 26.3. The molecule has 2 rings (SSSR count). The molecule has 0 atom stereocenters. The first kappa shape index (κ1) is 12.9. The number of nitrogens with one attached hydrogen (secondary N) is 2. The van der Waals surface area contributed by atoms with Crippen LogP contribution in [0.2, 0.25) is 4.34 Å². The summed E-state index contributed by atoms with van der Waals surface area (Å²) in [6.07, 6.45) is 0.722. The third kappa shape index (κ3) is 3.45. The van der Waals surface area contributed by atoms with Crippen molar-refractivity contribution >= 4 is 28.8 Å². The zero-order chi connectivity index (χ0) is 13.0. The van der Waals surface area contributed by atoms with Gasteiger partial charge in [-0.2, -0.15) is 0 Å². The van der Waals surface area contributed by atoms with E-state index in [4.69, 9.17) is 11.6 Å². The molecule has 6 heteroatoms. The maximum Gasteiger partial charge on any atom is 0.267 e. The lowest BCUT2D eigenvalue weighted by atomic mass is 10.3. The van der Waals surface area contributed by atoms with Crippen LogP contribution in [-0.4, -0.2) is 17.4 Å². The third-order valence-electron chi connectivity index (χ3n) is 2.30. The van der Waals surface area contributed by atoms with Crippen molar-refractivity contribution in [1.82, 2.24) is 10.3 Å². The smallest absolute Gasteiger partial charge is 0.267 e. The van der Waals surface area contributed by atoms with E-state index in [-0.39, 0.29) is 17.2 Å². The molecule has 0 saturated carbocycles. The van der Waals surface area contributed by atoms with Gasteiger partial charge in [-0.15, -0.1) is 11.3 Å². The highest BCUT2D eigenvalue weighted by atomic mass is 35.5. The van der Waals surface area contributed by atoms with Crippen LogP contribution in [0.5, 0.6) is 0 Å². The maximum absolute atomic E-state index is 11.7. The van der Waals surface area contributed by atoms with Gasteiger partial charge in [0, 0.05) is 17.5 Å². The number of pyridine rings is 1. The number of halogens is 1. The fourth-order valence-electron chi connectivity index (χ4n) is 1.46. The van der Waals surface area contributed by atoms with Crippen molar-refractivity contribution in [2.24, 2.45) is 0 Å². The Bertz CT molecular complexity index is 606. The predicted octanol–water partition coefficient (Wildman–Crippen LogP) is 2.06. The number of carbonyl (C=O) groups is 1. The molecular weight excluding hydrogens is 272 g/mol. The van der Waals surface area contributed by atoms with Crippen LogP contribution in [-0.2, 0) is 6.42 Å². The van der Waals surface area contributed by atoms with Crippen molar-refractivity contribution in [2.45, 2.75) is 6.42 Å². The molecule has 2 N–H and O–H groups in total. The van der Waals surface area contributed by atoms with Crippen LogP contribution >= 0.6 is 22.9 Å². The molecule has 0 radical (unpaired) electrons. The molecule has 2 aromatic rings. The van der Waals surface area contributed by atoms with Gasteiger partial charge in [-0.05, 0) is 24.6 Å². The van der Waals surface area contributed by atoms with E-state index in [1.165, 1.54) is 17.4 Å². The molecule has 0 aliphatic rings. The monoisotopic (exact) mass is 282 g/mol. The number of hydrogen-bond donors (Lipinski definition) is 2. The highest BCUT2D eigenvalue weighted by Crippen LogP contribution is 2.21. The van der Waals surface area contributed by atoms with E-state index in [9.17, 15) is 9.59 Å². The zero-order valence-electron chi connectivity index (χ0n) is 9.40. The van der Waals surface area contributed by atoms with Crippen molar-refractivity contribution in [1.29, 1.82) is 0 Å². The van der Waals surface area contributed by atoms with Crippen LogP contribution in [0, 0.1) is 0 Å². The van der Waals surface area contributed by atoms with Gasteiger partial charge < -0.3 is 10.3 Å². The molecule has 0 unspecified atom stereocenters. The largest absolute Gasteiger partial charge is 0.350 e. The molecule has 0 fully saturated rings. The first-order valence-corrected chi connectivity index (χ1v) is 6.56.